The second kappa shape index (κ2) is 10.0. The maximum Gasteiger partial charge on any atom is 0.269 e. The monoisotopic (exact) mass is 357 g/mol. The Morgan fingerprint density at radius 3 is 2.58 bits per heavy atom. The summed E-state index contributed by atoms with van der Waals surface area (Å²) in [7, 11) is 1.61. The molecule has 2 aromatic carbocycles. The molecule has 0 spiro atoms. The van der Waals surface area contributed by atoms with Crippen molar-refractivity contribution < 1.29 is 14.4 Å². The van der Waals surface area contributed by atoms with E-state index in [-0.39, 0.29) is 5.69 Å². The quantitative estimate of drug-likeness (QED) is 0.278. The van der Waals surface area contributed by atoms with Gasteiger partial charge in [0.15, 0.2) is 11.5 Å². The van der Waals surface area contributed by atoms with Crippen LogP contribution in [0.25, 0.3) is 0 Å². The molecule has 7 nitrogen and oxygen atoms in total. The second-order valence-electron chi connectivity index (χ2n) is 5.49. The lowest BCUT2D eigenvalue weighted by molar-refractivity contribution is -0.384. The molecule has 0 aliphatic rings. The zero-order chi connectivity index (χ0) is 18.8. The van der Waals surface area contributed by atoms with E-state index in [0.29, 0.717) is 31.2 Å². The molecular formula is C19H23N3O4. The van der Waals surface area contributed by atoms with Crippen LogP contribution in [0.15, 0.2) is 55.1 Å². The summed E-state index contributed by atoms with van der Waals surface area (Å²) in [4.78, 5) is 10.2. The van der Waals surface area contributed by atoms with Gasteiger partial charge in [-0.3, -0.25) is 10.1 Å². The van der Waals surface area contributed by atoms with E-state index in [1.807, 2.05) is 18.2 Å². The molecule has 0 aliphatic heterocycles. The molecule has 0 aromatic heterocycles. The van der Waals surface area contributed by atoms with Crippen molar-refractivity contribution in [1.82, 2.24) is 5.32 Å². The van der Waals surface area contributed by atoms with Gasteiger partial charge in [0.25, 0.3) is 5.69 Å². The Morgan fingerprint density at radius 1 is 1.15 bits per heavy atom. The van der Waals surface area contributed by atoms with Crippen LogP contribution >= 0.6 is 0 Å². The van der Waals surface area contributed by atoms with E-state index in [1.54, 1.807) is 25.3 Å². The first-order valence-corrected chi connectivity index (χ1v) is 8.23. The third-order valence-corrected chi connectivity index (χ3v) is 3.62. The number of nitrogens with one attached hydrogen (secondary N) is 2. The van der Waals surface area contributed by atoms with Gasteiger partial charge >= 0.3 is 0 Å². The number of nitrogens with zero attached hydrogens (tertiary/aromatic N) is 1. The normalized spacial score (nSPS) is 10.2. The summed E-state index contributed by atoms with van der Waals surface area (Å²) < 4.78 is 10.9. The van der Waals surface area contributed by atoms with Crippen LogP contribution in [0, 0.1) is 10.1 Å². The highest BCUT2D eigenvalue weighted by atomic mass is 16.6. The lowest BCUT2D eigenvalue weighted by atomic mass is 10.2. The van der Waals surface area contributed by atoms with Gasteiger partial charge in [-0.25, -0.2) is 0 Å². The Kier molecular flexibility index (Phi) is 7.45. The van der Waals surface area contributed by atoms with Crippen molar-refractivity contribution >= 4 is 11.4 Å². The first-order valence-electron chi connectivity index (χ1n) is 8.23. The third-order valence-electron chi connectivity index (χ3n) is 3.62. The summed E-state index contributed by atoms with van der Waals surface area (Å²) in [6.07, 6.45) is 1.69. The largest absolute Gasteiger partial charge is 0.493 e. The van der Waals surface area contributed by atoms with Crippen LogP contribution in [-0.2, 0) is 6.54 Å². The second-order valence-corrected chi connectivity index (χ2v) is 5.49. The molecule has 0 unspecified atom stereocenters. The number of anilines is 1. The average molecular weight is 357 g/mol. The van der Waals surface area contributed by atoms with Crippen LogP contribution in [0.1, 0.15) is 5.56 Å². The highest BCUT2D eigenvalue weighted by Crippen LogP contribution is 2.28. The lowest BCUT2D eigenvalue weighted by Crippen LogP contribution is -2.21. The summed E-state index contributed by atoms with van der Waals surface area (Å²) in [5, 5.41) is 17.2. The van der Waals surface area contributed by atoms with Gasteiger partial charge in [-0.15, -0.1) is 0 Å². The molecule has 0 saturated heterocycles. The first-order chi connectivity index (χ1) is 12.6. The minimum absolute atomic E-state index is 0.0862. The van der Waals surface area contributed by atoms with Crippen molar-refractivity contribution in [3.05, 3.63) is 70.8 Å². The molecule has 2 rings (SSSR count). The Hall–Kier alpha value is -3.06. The fraction of sp³-hybridized carbons (Fsp3) is 0.263. The third kappa shape index (κ3) is 5.78. The van der Waals surface area contributed by atoms with E-state index in [1.165, 1.54) is 12.1 Å². The number of rotatable bonds is 11. The van der Waals surface area contributed by atoms with Crippen molar-refractivity contribution in [2.45, 2.75) is 6.54 Å². The summed E-state index contributed by atoms with van der Waals surface area (Å²) in [6.45, 7) is 6.20. The summed E-state index contributed by atoms with van der Waals surface area (Å²) >= 11 is 0. The number of methoxy groups -OCH3 is 1. The molecule has 0 bridgehead atoms. The van der Waals surface area contributed by atoms with Gasteiger partial charge in [0.2, 0.25) is 0 Å². The minimum atomic E-state index is -0.409. The lowest BCUT2D eigenvalue weighted by Gasteiger charge is -2.12. The molecule has 0 fully saturated rings. The Balaban J connectivity index is 1.75. The van der Waals surface area contributed by atoms with Crippen molar-refractivity contribution in [2.24, 2.45) is 0 Å². The minimum Gasteiger partial charge on any atom is -0.493 e. The predicted molar refractivity (Wildman–Crippen MR) is 102 cm³/mol. The number of ether oxygens (including phenoxy) is 2. The van der Waals surface area contributed by atoms with Crippen molar-refractivity contribution in [3.8, 4) is 11.5 Å². The van der Waals surface area contributed by atoms with E-state index in [4.69, 9.17) is 9.47 Å². The van der Waals surface area contributed by atoms with Gasteiger partial charge in [-0.05, 0) is 29.8 Å². The summed E-state index contributed by atoms with van der Waals surface area (Å²) in [5.74, 6) is 1.38. The maximum absolute atomic E-state index is 10.6. The molecule has 26 heavy (non-hydrogen) atoms. The smallest absolute Gasteiger partial charge is 0.269 e. The van der Waals surface area contributed by atoms with Crippen LogP contribution in [0.3, 0.4) is 0 Å². The van der Waals surface area contributed by atoms with Crippen LogP contribution in [0.5, 0.6) is 11.5 Å². The molecule has 2 N–H and O–H groups in total. The molecule has 0 saturated carbocycles. The van der Waals surface area contributed by atoms with Crippen molar-refractivity contribution in [1.29, 1.82) is 0 Å². The first kappa shape index (κ1) is 19.3. The van der Waals surface area contributed by atoms with Crippen molar-refractivity contribution in [2.75, 3.05) is 32.1 Å². The van der Waals surface area contributed by atoms with E-state index in [0.717, 1.165) is 17.8 Å². The predicted octanol–water partition coefficient (Wildman–Crippen LogP) is 3.37. The number of nitro groups is 1. The Bertz CT molecular complexity index is 732. The van der Waals surface area contributed by atoms with Crippen LogP contribution < -0.4 is 20.1 Å². The van der Waals surface area contributed by atoms with E-state index < -0.39 is 4.92 Å². The molecular weight excluding hydrogens is 334 g/mol. The highest BCUT2D eigenvalue weighted by molar-refractivity contribution is 5.48. The van der Waals surface area contributed by atoms with Gasteiger partial charge in [-0.1, -0.05) is 18.7 Å². The highest BCUT2D eigenvalue weighted by Gasteiger charge is 2.05. The molecule has 7 heteroatoms. The molecule has 0 aliphatic carbocycles. The summed E-state index contributed by atoms with van der Waals surface area (Å²) in [6, 6.07) is 12.2. The fourth-order valence-electron chi connectivity index (χ4n) is 2.32. The van der Waals surface area contributed by atoms with E-state index in [2.05, 4.69) is 17.2 Å². The maximum atomic E-state index is 10.6. The van der Waals surface area contributed by atoms with E-state index in [9.17, 15) is 10.1 Å². The molecule has 2 aromatic rings. The zero-order valence-electron chi connectivity index (χ0n) is 14.7. The van der Waals surface area contributed by atoms with Gasteiger partial charge < -0.3 is 20.1 Å². The number of non-ortho nitro benzene ring substituents is 1. The topological polar surface area (TPSA) is 85.7 Å². The molecule has 0 amide bonds. The zero-order valence-corrected chi connectivity index (χ0v) is 14.7. The van der Waals surface area contributed by atoms with Gasteiger partial charge in [0.05, 0.1) is 12.0 Å². The molecule has 0 radical (unpaired) electrons. The van der Waals surface area contributed by atoms with Crippen LogP contribution in [0.4, 0.5) is 11.4 Å². The Labute approximate surface area is 152 Å². The molecule has 0 heterocycles. The summed E-state index contributed by atoms with van der Waals surface area (Å²) in [5.41, 5.74) is 2.02. The van der Waals surface area contributed by atoms with Crippen LogP contribution in [-0.4, -0.2) is 31.7 Å². The number of hydrogen-bond donors (Lipinski definition) is 2. The fourth-order valence-corrected chi connectivity index (χ4v) is 2.32. The van der Waals surface area contributed by atoms with Gasteiger partial charge in [-0.2, -0.15) is 0 Å². The molecule has 0 atom stereocenters. The SMILES string of the molecule is C=CCOc1ccc(CNCCNc2ccc([N+](=O)[O-])cc2)cc1OC. The Morgan fingerprint density at radius 2 is 1.92 bits per heavy atom. The van der Waals surface area contributed by atoms with Gasteiger partial charge in [0.1, 0.15) is 6.61 Å². The number of benzene rings is 2. The molecule has 138 valence electrons. The average Bonchev–Trinajstić information content (AvgIpc) is 2.66. The number of hydrogen-bond acceptors (Lipinski definition) is 6. The standard InChI is InChI=1S/C19H23N3O4/c1-3-12-26-18-9-4-15(13-19(18)25-2)14-20-10-11-21-16-5-7-17(8-6-16)22(23)24/h3-9,13,20-21H,1,10-12,14H2,2H3. The van der Waals surface area contributed by atoms with Crippen molar-refractivity contribution in [3.63, 3.8) is 0 Å². The van der Waals surface area contributed by atoms with Crippen LogP contribution in [0.2, 0.25) is 0 Å². The number of nitro benzene ring substituents is 1. The van der Waals surface area contributed by atoms with E-state index >= 15 is 0 Å². The van der Waals surface area contributed by atoms with Gasteiger partial charge in [0, 0.05) is 37.5 Å².